The molecule has 0 aromatic carbocycles. The van der Waals surface area contributed by atoms with Crippen molar-refractivity contribution in [3.63, 3.8) is 0 Å². The maximum Gasteiger partial charge on any atom is 0.191 e. The Balaban J connectivity index is 2.21. The highest BCUT2D eigenvalue weighted by atomic mass is 16.5. The van der Waals surface area contributed by atoms with Crippen molar-refractivity contribution >= 4 is 5.96 Å². The van der Waals surface area contributed by atoms with Gasteiger partial charge >= 0.3 is 0 Å². The number of ether oxygens (including phenoxy) is 2. The summed E-state index contributed by atoms with van der Waals surface area (Å²) in [4.78, 5) is 4.56. The number of guanidine groups is 1. The Hall–Kier alpha value is -1.53. The van der Waals surface area contributed by atoms with Gasteiger partial charge in [0.25, 0.3) is 0 Å². The lowest BCUT2D eigenvalue weighted by atomic mass is 10.3. The number of hydrogen-bond donors (Lipinski definition) is 2. The van der Waals surface area contributed by atoms with Crippen molar-refractivity contribution in [3.05, 3.63) is 24.2 Å². The fraction of sp³-hybridized carbons (Fsp3) is 0.706. The second kappa shape index (κ2) is 14.1. The lowest BCUT2D eigenvalue weighted by Crippen LogP contribution is -2.40. The molecule has 0 aliphatic carbocycles. The molecule has 0 spiro atoms. The fourth-order valence-corrected chi connectivity index (χ4v) is 1.91. The first-order valence-electron chi connectivity index (χ1n) is 8.48. The third-order valence-electron chi connectivity index (χ3n) is 3.20. The average molecular weight is 325 g/mol. The minimum Gasteiger partial charge on any atom is -0.469 e. The molecule has 0 amide bonds. The largest absolute Gasteiger partial charge is 0.469 e. The van der Waals surface area contributed by atoms with E-state index in [0.717, 1.165) is 63.8 Å². The molecular formula is C17H31N3O3. The molecule has 0 aliphatic rings. The number of unbranched alkanes of at least 4 members (excludes halogenated alkanes) is 1. The Bertz CT molecular complexity index is 394. The van der Waals surface area contributed by atoms with Crippen molar-refractivity contribution in [1.82, 2.24) is 10.6 Å². The Morgan fingerprint density at radius 3 is 2.74 bits per heavy atom. The van der Waals surface area contributed by atoms with Gasteiger partial charge in [0, 0.05) is 46.4 Å². The van der Waals surface area contributed by atoms with Crippen molar-refractivity contribution < 1.29 is 13.9 Å². The van der Waals surface area contributed by atoms with Gasteiger partial charge in [-0.3, -0.25) is 4.99 Å². The predicted molar refractivity (Wildman–Crippen MR) is 92.9 cm³/mol. The van der Waals surface area contributed by atoms with Gasteiger partial charge < -0.3 is 24.5 Å². The van der Waals surface area contributed by atoms with Crippen molar-refractivity contribution in [2.24, 2.45) is 4.99 Å². The van der Waals surface area contributed by atoms with E-state index in [1.54, 1.807) is 13.4 Å². The summed E-state index contributed by atoms with van der Waals surface area (Å²) in [6, 6.07) is 3.88. The van der Waals surface area contributed by atoms with Gasteiger partial charge in [0.15, 0.2) is 5.96 Å². The third-order valence-corrected chi connectivity index (χ3v) is 3.20. The van der Waals surface area contributed by atoms with Crippen LogP contribution in [0.3, 0.4) is 0 Å². The summed E-state index contributed by atoms with van der Waals surface area (Å²) in [7, 11) is 1.69. The molecule has 6 nitrogen and oxygen atoms in total. The molecule has 0 unspecified atom stereocenters. The molecule has 132 valence electrons. The van der Waals surface area contributed by atoms with Gasteiger partial charge in [0.05, 0.1) is 12.9 Å². The zero-order valence-corrected chi connectivity index (χ0v) is 14.5. The quantitative estimate of drug-likeness (QED) is 0.331. The highest BCUT2D eigenvalue weighted by molar-refractivity contribution is 5.79. The van der Waals surface area contributed by atoms with Gasteiger partial charge in [-0.05, 0) is 25.0 Å². The van der Waals surface area contributed by atoms with Crippen LogP contribution in [0, 0.1) is 0 Å². The summed E-state index contributed by atoms with van der Waals surface area (Å²) >= 11 is 0. The number of nitrogens with zero attached hydrogens (tertiary/aromatic N) is 1. The van der Waals surface area contributed by atoms with Crippen molar-refractivity contribution in [1.29, 1.82) is 0 Å². The van der Waals surface area contributed by atoms with Crippen LogP contribution in [-0.2, 0) is 15.9 Å². The summed E-state index contributed by atoms with van der Waals surface area (Å²) in [6.45, 7) is 6.69. The molecule has 6 heteroatoms. The van der Waals surface area contributed by atoms with Crippen LogP contribution in [0.1, 0.15) is 31.9 Å². The van der Waals surface area contributed by atoms with E-state index >= 15 is 0 Å². The molecule has 0 atom stereocenters. The molecule has 0 bridgehead atoms. The van der Waals surface area contributed by atoms with Gasteiger partial charge in [0.2, 0.25) is 0 Å². The summed E-state index contributed by atoms with van der Waals surface area (Å²) < 4.78 is 15.9. The highest BCUT2D eigenvalue weighted by Gasteiger charge is 2.00. The number of furan rings is 1. The van der Waals surface area contributed by atoms with Crippen molar-refractivity contribution in [2.45, 2.75) is 32.6 Å². The lowest BCUT2D eigenvalue weighted by molar-refractivity contribution is 0.130. The van der Waals surface area contributed by atoms with Crippen LogP contribution in [0.4, 0.5) is 0 Å². The van der Waals surface area contributed by atoms with Gasteiger partial charge in [-0.1, -0.05) is 13.3 Å². The third kappa shape index (κ3) is 10.8. The minimum absolute atomic E-state index is 0.652. The highest BCUT2D eigenvalue weighted by Crippen LogP contribution is 1.99. The number of aliphatic imine (C=N–C) groups is 1. The maximum absolute atomic E-state index is 5.54. The average Bonchev–Trinajstić information content (AvgIpc) is 3.07. The molecule has 1 aromatic heterocycles. The topological polar surface area (TPSA) is 68.0 Å². The Kier molecular flexibility index (Phi) is 12.0. The molecular weight excluding hydrogens is 294 g/mol. The smallest absolute Gasteiger partial charge is 0.191 e. The van der Waals surface area contributed by atoms with Crippen LogP contribution >= 0.6 is 0 Å². The van der Waals surface area contributed by atoms with E-state index in [-0.39, 0.29) is 0 Å². The van der Waals surface area contributed by atoms with E-state index < -0.39 is 0 Å². The molecule has 0 fully saturated rings. The first-order valence-corrected chi connectivity index (χ1v) is 8.48. The predicted octanol–water partition coefficient (Wildman–Crippen LogP) is 2.21. The Morgan fingerprint density at radius 1 is 1.17 bits per heavy atom. The molecule has 2 N–H and O–H groups in total. The molecule has 1 heterocycles. The minimum atomic E-state index is 0.652. The maximum atomic E-state index is 5.54. The standard InChI is InChI=1S/C17H31N3O3/c1-3-4-12-22-13-6-9-18-17(20-11-15-21-2)19-10-8-16-7-5-14-23-16/h5,7,14H,3-4,6,8-13,15H2,1-2H3,(H2,18,19,20). The van der Waals surface area contributed by atoms with Gasteiger partial charge in [-0.15, -0.1) is 0 Å². The molecule has 0 aliphatic heterocycles. The summed E-state index contributed by atoms with van der Waals surface area (Å²) in [6.07, 6.45) is 5.75. The number of nitrogens with one attached hydrogen (secondary N) is 2. The van der Waals surface area contributed by atoms with Gasteiger partial charge in [0.1, 0.15) is 5.76 Å². The van der Waals surface area contributed by atoms with E-state index in [2.05, 4.69) is 22.5 Å². The van der Waals surface area contributed by atoms with Crippen LogP contribution in [0.5, 0.6) is 0 Å². The number of hydrogen-bond acceptors (Lipinski definition) is 4. The first kappa shape index (κ1) is 19.5. The zero-order valence-electron chi connectivity index (χ0n) is 14.5. The van der Waals surface area contributed by atoms with E-state index in [4.69, 9.17) is 13.9 Å². The second-order valence-electron chi connectivity index (χ2n) is 5.23. The van der Waals surface area contributed by atoms with Crippen LogP contribution in [-0.4, -0.2) is 52.5 Å². The molecule has 23 heavy (non-hydrogen) atoms. The monoisotopic (exact) mass is 325 g/mol. The second-order valence-corrected chi connectivity index (χ2v) is 5.23. The van der Waals surface area contributed by atoms with Crippen molar-refractivity contribution in [2.75, 3.05) is 46.6 Å². The molecule has 0 saturated heterocycles. The van der Waals surface area contributed by atoms with Crippen LogP contribution in [0.15, 0.2) is 27.8 Å². The van der Waals surface area contributed by atoms with E-state index in [9.17, 15) is 0 Å². The van der Waals surface area contributed by atoms with E-state index in [1.807, 2.05) is 12.1 Å². The fourth-order valence-electron chi connectivity index (χ4n) is 1.91. The normalized spacial score (nSPS) is 11.7. The summed E-state index contributed by atoms with van der Waals surface area (Å²) in [5.41, 5.74) is 0. The van der Waals surface area contributed by atoms with Gasteiger partial charge in [-0.2, -0.15) is 0 Å². The van der Waals surface area contributed by atoms with Crippen LogP contribution in [0.2, 0.25) is 0 Å². The summed E-state index contributed by atoms with van der Waals surface area (Å²) in [5, 5.41) is 6.57. The zero-order chi connectivity index (χ0) is 16.6. The van der Waals surface area contributed by atoms with Gasteiger partial charge in [-0.25, -0.2) is 0 Å². The summed E-state index contributed by atoms with van der Waals surface area (Å²) in [5.74, 6) is 1.78. The molecule has 0 radical (unpaired) electrons. The Morgan fingerprint density at radius 2 is 2.00 bits per heavy atom. The Labute approximate surface area is 139 Å². The molecule has 0 saturated carbocycles. The molecule has 1 aromatic rings. The van der Waals surface area contributed by atoms with Crippen LogP contribution in [0.25, 0.3) is 0 Å². The van der Waals surface area contributed by atoms with E-state index in [0.29, 0.717) is 6.61 Å². The number of methoxy groups -OCH3 is 1. The van der Waals surface area contributed by atoms with Crippen molar-refractivity contribution in [3.8, 4) is 0 Å². The first-order chi connectivity index (χ1) is 11.4. The van der Waals surface area contributed by atoms with E-state index in [1.165, 1.54) is 6.42 Å². The lowest BCUT2D eigenvalue weighted by Gasteiger charge is -2.12. The SMILES string of the molecule is CCCCOCCCN=C(NCCOC)NCCc1ccco1. The molecule has 1 rings (SSSR count). The number of rotatable bonds is 13. The van der Waals surface area contributed by atoms with Crippen LogP contribution < -0.4 is 10.6 Å².